The quantitative estimate of drug-likeness (QED) is 0.295. The van der Waals surface area contributed by atoms with Crippen LogP contribution in [0.3, 0.4) is 0 Å². The monoisotopic (exact) mass is 639 g/mol. The van der Waals surface area contributed by atoms with Crippen LogP contribution in [0.2, 0.25) is 0 Å². The summed E-state index contributed by atoms with van der Waals surface area (Å²) in [6, 6.07) is 23.5. The zero-order chi connectivity index (χ0) is 29.4. The van der Waals surface area contributed by atoms with Crippen LogP contribution in [-0.2, 0) is 32.6 Å². The van der Waals surface area contributed by atoms with E-state index < -0.39 is 28.5 Å². The van der Waals surface area contributed by atoms with Gasteiger partial charge >= 0.3 is 0 Å². The van der Waals surface area contributed by atoms with E-state index in [1.807, 2.05) is 61.5 Å². The lowest BCUT2D eigenvalue weighted by molar-refractivity contribution is -0.140. The number of hydrogen-bond donors (Lipinski definition) is 1. The summed E-state index contributed by atoms with van der Waals surface area (Å²) in [5.74, 6) is -0.663. The second-order valence-corrected chi connectivity index (χ2v) is 13.5. The number of amides is 2. The molecular weight excluding hydrogens is 602 g/mol. The van der Waals surface area contributed by atoms with Crippen LogP contribution in [0.15, 0.2) is 83.3 Å². The molecule has 7 nitrogen and oxygen atoms in total. The number of sulfonamides is 1. The smallest absolute Gasteiger partial charge is 0.244 e. The number of carbonyl (C=O) groups is 2. The van der Waals surface area contributed by atoms with Crippen molar-refractivity contribution in [2.75, 3.05) is 17.1 Å². The van der Waals surface area contributed by atoms with Crippen molar-refractivity contribution in [1.82, 2.24) is 10.2 Å². The fourth-order valence-electron chi connectivity index (χ4n) is 5.32. The lowest BCUT2D eigenvalue weighted by Gasteiger charge is -2.35. The molecule has 1 aliphatic carbocycles. The van der Waals surface area contributed by atoms with Gasteiger partial charge in [-0.05, 0) is 64.5 Å². The summed E-state index contributed by atoms with van der Waals surface area (Å²) < 4.78 is 27.6. The maximum absolute atomic E-state index is 14.3. The Balaban J connectivity index is 1.74. The Bertz CT molecular complexity index is 1440. The molecule has 3 aromatic carbocycles. The van der Waals surface area contributed by atoms with Gasteiger partial charge in [-0.1, -0.05) is 86.0 Å². The van der Waals surface area contributed by atoms with E-state index in [-0.39, 0.29) is 18.5 Å². The number of nitrogens with one attached hydrogen (secondary N) is 1. The standard InChI is InChI=1S/C32H38BrN3O4S/c1-24-13-9-10-16-26(24)22-35(31(37)23-36(41(2,39)40)29-20-12-11-19-28(29)33)30(21-25-14-5-3-6-15-25)32(38)34-27-17-7-4-8-18-27/h3,5-6,9-16,19-20,27,30H,4,7-8,17-18,21-23H2,1-2H3,(H,34,38)/t30-/m0/s1. The third kappa shape index (κ3) is 8.42. The molecule has 2 amide bonds. The van der Waals surface area contributed by atoms with Gasteiger partial charge in [-0.3, -0.25) is 13.9 Å². The van der Waals surface area contributed by atoms with Crippen LogP contribution in [0.1, 0.15) is 48.8 Å². The van der Waals surface area contributed by atoms with Gasteiger partial charge in [0.25, 0.3) is 0 Å². The fraction of sp³-hybridized carbons (Fsp3) is 0.375. The zero-order valence-electron chi connectivity index (χ0n) is 23.6. The topological polar surface area (TPSA) is 86.8 Å². The van der Waals surface area contributed by atoms with Gasteiger partial charge in [-0.2, -0.15) is 0 Å². The highest BCUT2D eigenvalue weighted by Gasteiger charge is 2.34. The largest absolute Gasteiger partial charge is 0.352 e. The maximum Gasteiger partial charge on any atom is 0.244 e. The number of hydrogen-bond acceptors (Lipinski definition) is 4. The molecule has 1 atom stereocenters. The SMILES string of the molecule is Cc1ccccc1CN(C(=O)CN(c1ccccc1Br)S(C)(=O)=O)[C@@H](Cc1ccccc1)C(=O)NC1CCCCC1. The molecule has 4 rings (SSSR count). The Morgan fingerprint density at radius 2 is 1.56 bits per heavy atom. The van der Waals surface area contributed by atoms with Crippen molar-refractivity contribution in [2.24, 2.45) is 0 Å². The van der Waals surface area contributed by atoms with E-state index >= 15 is 0 Å². The first-order valence-corrected chi connectivity index (χ1v) is 16.7. The van der Waals surface area contributed by atoms with Gasteiger partial charge in [0.15, 0.2) is 0 Å². The molecule has 0 spiro atoms. The van der Waals surface area contributed by atoms with Crippen molar-refractivity contribution in [3.63, 3.8) is 0 Å². The molecule has 0 radical (unpaired) electrons. The van der Waals surface area contributed by atoms with Gasteiger partial charge in [-0.15, -0.1) is 0 Å². The number of rotatable bonds is 11. The fourth-order valence-corrected chi connectivity index (χ4v) is 6.80. The van der Waals surface area contributed by atoms with E-state index in [1.54, 1.807) is 29.2 Å². The van der Waals surface area contributed by atoms with Crippen LogP contribution in [-0.4, -0.2) is 50.0 Å². The predicted molar refractivity (Wildman–Crippen MR) is 167 cm³/mol. The first-order valence-electron chi connectivity index (χ1n) is 14.0. The van der Waals surface area contributed by atoms with Gasteiger partial charge in [0, 0.05) is 23.5 Å². The molecule has 0 aromatic heterocycles. The maximum atomic E-state index is 14.3. The highest BCUT2D eigenvalue weighted by molar-refractivity contribution is 9.10. The van der Waals surface area contributed by atoms with E-state index in [0.717, 1.165) is 59.4 Å². The summed E-state index contributed by atoms with van der Waals surface area (Å²) in [6.07, 6.45) is 6.52. The van der Waals surface area contributed by atoms with Crippen LogP contribution in [0.5, 0.6) is 0 Å². The molecule has 0 aliphatic heterocycles. The van der Waals surface area contributed by atoms with Gasteiger partial charge in [-0.25, -0.2) is 8.42 Å². The number of nitrogens with zero attached hydrogens (tertiary/aromatic N) is 2. The lowest BCUT2D eigenvalue weighted by atomic mass is 9.94. The molecule has 218 valence electrons. The molecule has 1 saturated carbocycles. The number of aryl methyl sites for hydroxylation is 1. The summed E-state index contributed by atoms with van der Waals surface area (Å²) >= 11 is 3.44. The van der Waals surface area contributed by atoms with Crippen molar-refractivity contribution >= 4 is 43.5 Å². The molecule has 0 heterocycles. The van der Waals surface area contributed by atoms with Crippen LogP contribution in [0.25, 0.3) is 0 Å². The van der Waals surface area contributed by atoms with E-state index in [4.69, 9.17) is 0 Å². The summed E-state index contributed by atoms with van der Waals surface area (Å²) in [4.78, 5) is 29.8. The Labute approximate surface area is 252 Å². The molecule has 3 aromatic rings. The summed E-state index contributed by atoms with van der Waals surface area (Å²) in [7, 11) is -3.82. The highest BCUT2D eigenvalue weighted by Crippen LogP contribution is 2.28. The van der Waals surface area contributed by atoms with E-state index in [9.17, 15) is 18.0 Å². The van der Waals surface area contributed by atoms with Crippen molar-refractivity contribution in [3.05, 3.63) is 100 Å². The first-order chi connectivity index (χ1) is 19.6. The minimum atomic E-state index is -3.82. The van der Waals surface area contributed by atoms with Crippen molar-refractivity contribution in [1.29, 1.82) is 0 Å². The number of benzene rings is 3. The molecular formula is C32H38BrN3O4S. The average molecular weight is 641 g/mol. The normalized spacial score (nSPS) is 14.7. The number of carbonyl (C=O) groups excluding carboxylic acids is 2. The van der Waals surface area contributed by atoms with E-state index in [1.165, 1.54) is 0 Å². The molecule has 1 N–H and O–H groups in total. The number of halogens is 1. The Hall–Kier alpha value is -3.17. The second-order valence-electron chi connectivity index (χ2n) is 10.7. The molecule has 0 bridgehead atoms. The van der Waals surface area contributed by atoms with Gasteiger partial charge in [0.05, 0.1) is 11.9 Å². The van der Waals surface area contributed by atoms with Crippen molar-refractivity contribution in [3.8, 4) is 0 Å². The van der Waals surface area contributed by atoms with Gasteiger partial charge < -0.3 is 10.2 Å². The molecule has 9 heteroatoms. The number of para-hydroxylation sites is 1. The van der Waals surface area contributed by atoms with Gasteiger partial charge in [0.2, 0.25) is 21.8 Å². The van der Waals surface area contributed by atoms with Crippen molar-refractivity contribution in [2.45, 2.75) is 64.1 Å². The summed E-state index contributed by atoms with van der Waals surface area (Å²) in [6.45, 7) is 1.71. The molecule has 0 unspecified atom stereocenters. The Morgan fingerprint density at radius 1 is 0.927 bits per heavy atom. The first kappa shape index (κ1) is 30.8. The zero-order valence-corrected chi connectivity index (χ0v) is 26.0. The Morgan fingerprint density at radius 3 is 2.22 bits per heavy atom. The van der Waals surface area contributed by atoms with E-state index in [0.29, 0.717) is 16.6 Å². The third-order valence-electron chi connectivity index (χ3n) is 7.62. The van der Waals surface area contributed by atoms with E-state index in [2.05, 4.69) is 21.2 Å². The predicted octanol–water partition coefficient (Wildman–Crippen LogP) is 5.61. The summed E-state index contributed by atoms with van der Waals surface area (Å²) in [5, 5.41) is 3.23. The van der Waals surface area contributed by atoms with Crippen LogP contribution < -0.4 is 9.62 Å². The van der Waals surface area contributed by atoms with Crippen molar-refractivity contribution < 1.29 is 18.0 Å². The average Bonchev–Trinajstić information content (AvgIpc) is 2.95. The minimum absolute atomic E-state index is 0.0673. The van der Waals surface area contributed by atoms with Gasteiger partial charge in [0.1, 0.15) is 12.6 Å². The van der Waals surface area contributed by atoms with Crippen LogP contribution in [0, 0.1) is 6.92 Å². The lowest BCUT2D eigenvalue weighted by Crippen LogP contribution is -2.55. The molecule has 41 heavy (non-hydrogen) atoms. The third-order valence-corrected chi connectivity index (χ3v) is 9.42. The molecule has 1 fully saturated rings. The summed E-state index contributed by atoms with van der Waals surface area (Å²) in [5.41, 5.74) is 3.17. The Kier molecular flexibility index (Phi) is 10.6. The van der Waals surface area contributed by atoms with Crippen LogP contribution in [0.4, 0.5) is 5.69 Å². The number of anilines is 1. The highest BCUT2D eigenvalue weighted by atomic mass is 79.9. The van der Waals surface area contributed by atoms with Crippen LogP contribution >= 0.6 is 15.9 Å². The molecule has 0 saturated heterocycles. The molecule has 1 aliphatic rings. The second kappa shape index (κ2) is 14.1. The minimum Gasteiger partial charge on any atom is -0.352 e.